The average molecular weight is 425 g/mol. The monoisotopic (exact) mass is 424 g/mol. The topological polar surface area (TPSA) is 83.1 Å². The van der Waals surface area contributed by atoms with Crippen molar-refractivity contribution in [3.05, 3.63) is 0 Å². The lowest BCUT2D eigenvalue weighted by atomic mass is 9.81. The Kier molecular flexibility index (Phi) is 9.36. The van der Waals surface area contributed by atoms with Crippen LogP contribution in [0.4, 0.5) is 0 Å². The summed E-state index contributed by atoms with van der Waals surface area (Å²) in [5.74, 6) is -0.226. The fourth-order valence-corrected chi connectivity index (χ4v) is 4.86. The molecule has 0 aromatic rings. The van der Waals surface area contributed by atoms with Gasteiger partial charge >= 0.3 is 0 Å². The van der Waals surface area contributed by atoms with Gasteiger partial charge in [-0.05, 0) is 77.5 Å². The van der Waals surface area contributed by atoms with Crippen LogP contribution in [0, 0.1) is 11.8 Å². The van der Waals surface area contributed by atoms with Crippen LogP contribution in [0.25, 0.3) is 0 Å². The summed E-state index contributed by atoms with van der Waals surface area (Å²) in [5.41, 5.74) is 5.39. The number of carbonyl (C=O) groups is 2. The van der Waals surface area contributed by atoms with E-state index in [0.29, 0.717) is 25.7 Å². The Morgan fingerprint density at radius 3 is 1.50 bits per heavy atom. The third-order valence-electron chi connectivity index (χ3n) is 6.94. The van der Waals surface area contributed by atoms with Crippen LogP contribution in [0.1, 0.15) is 65.2 Å². The van der Waals surface area contributed by atoms with Gasteiger partial charge in [0.15, 0.2) is 0 Å². The lowest BCUT2D eigenvalue weighted by Crippen LogP contribution is -2.45. The van der Waals surface area contributed by atoms with Gasteiger partial charge in [0.05, 0.1) is 12.2 Å². The first-order valence-electron chi connectivity index (χ1n) is 11.9. The van der Waals surface area contributed by atoms with E-state index in [1.54, 1.807) is 0 Å². The zero-order chi connectivity index (χ0) is 21.3. The van der Waals surface area contributed by atoms with Gasteiger partial charge in [0.2, 0.25) is 11.8 Å². The molecule has 2 heterocycles. The number of nitrogens with one attached hydrogen (secondary N) is 2. The molecule has 2 saturated heterocycles. The molecule has 8 heteroatoms. The number of likely N-dealkylation sites (N-methyl/N-ethyl adjacent to an activating group) is 2. The van der Waals surface area contributed by atoms with Crippen molar-refractivity contribution in [2.75, 3.05) is 39.3 Å². The maximum atomic E-state index is 12.5. The van der Waals surface area contributed by atoms with Crippen LogP contribution in [0.3, 0.4) is 0 Å². The van der Waals surface area contributed by atoms with Crippen molar-refractivity contribution in [1.29, 1.82) is 0 Å². The molecule has 3 aliphatic rings. The molecule has 3 rings (SSSR count). The predicted octanol–water partition coefficient (Wildman–Crippen LogP) is 1.86. The smallest absolute Gasteiger partial charge is 0.246 e. The van der Waals surface area contributed by atoms with E-state index in [-0.39, 0.29) is 35.9 Å². The number of carbonyl (C=O) groups excluding carboxylic acids is 2. The van der Waals surface area contributed by atoms with Gasteiger partial charge in [0.25, 0.3) is 0 Å². The Hall–Kier alpha value is -1.22. The Balaban J connectivity index is 1.31. The van der Waals surface area contributed by atoms with Crippen LogP contribution in [0.5, 0.6) is 0 Å². The minimum atomic E-state index is -0.0719. The van der Waals surface area contributed by atoms with Gasteiger partial charge in [-0.1, -0.05) is 13.8 Å². The average Bonchev–Trinajstić information content (AvgIpc) is 2.81. The summed E-state index contributed by atoms with van der Waals surface area (Å²) in [6.45, 7) is 10.3. The van der Waals surface area contributed by atoms with E-state index < -0.39 is 0 Å². The predicted molar refractivity (Wildman–Crippen MR) is 114 cm³/mol. The van der Waals surface area contributed by atoms with Crippen molar-refractivity contribution >= 4 is 11.8 Å². The molecule has 3 fully saturated rings. The van der Waals surface area contributed by atoms with E-state index in [0.717, 1.165) is 65.0 Å². The molecule has 0 bridgehead atoms. The maximum absolute atomic E-state index is 12.5. The van der Waals surface area contributed by atoms with Crippen LogP contribution < -0.4 is 11.0 Å². The van der Waals surface area contributed by atoms with Crippen molar-refractivity contribution in [2.24, 2.45) is 11.8 Å². The van der Waals surface area contributed by atoms with E-state index in [4.69, 9.17) is 9.68 Å². The lowest BCUT2D eigenvalue weighted by Gasteiger charge is -2.33. The van der Waals surface area contributed by atoms with Crippen LogP contribution in [0.15, 0.2) is 0 Å². The van der Waals surface area contributed by atoms with Gasteiger partial charge in [0, 0.05) is 24.9 Å². The fourth-order valence-electron chi connectivity index (χ4n) is 4.86. The standard InChI is InChI=1S/C22H40N4O4/c1-3-25-13-5-7-19(15-25)29-23-21(27)17-9-11-18(12-10-17)22(28)24-30-20-8-6-14-26(4-2)16-20/h17-20H,3-16H2,1-2H3,(H,23,27)(H,24,28). The lowest BCUT2D eigenvalue weighted by molar-refractivity contribution is -0.151. The van der Waals surface area contributed by atoms with Gasteiger partial charge < -0.3 is 9.80 Å². The van der Waals surface area contributed by atoms with E-state index in [1.807, 2.05) is 0 Å². The second-order valence-corrected chi connectivity index (χ2v) is 9.03. The molecular weight excluding hydrogens is 384 g/mol. The van der Waals surface area contributed by atoms with E-state index in [1.165, 1.54) is 0 Å². The van der Waals surface area contributed by atoms with Gasteiger partial charge in [-0.15, -0.1) is 0 Å². The zero-order valence-corrected chi connectivity index (χ0v) is 18.7. The van der Waals surface area contributed by atoms with E-state index in [2.05, 4.69) is 34.6 Å². The number of hydroxylamine groups is 2. The molecule has 1 aliphatic carbocycles. The normalized spacial score (nSPS) is 31.3. The Morgan fingerprint density at radius 1 is 0.733 bits per heavy atom. The molecule has 172 valence electrons. The summed E-state index contributed by atoms with van der Waals surface area (Å²) in [6.07, 6.45) is 7.19. The second-order valence-electron chi connectivity index (χ2n) is 9.03. The molecule has 2 atom stereocenters. The summed E-state index contributed by atoms with van der Waals surface area (Å²) in [5, 5.41) is 0. The molecule has 30 heavy (non-hydrogen) atoms. The number of hydrogen-bond acceptors (Lipinski definition) is 6. The van der Waals surface area contributed by atoms with Gasteiger partial charge in [-0.3, -0.25) is 19.3 Å². The molecular formula is C22H40N4O4. The SMILES string of the molecule is CCN1CCCC(ONC(=O)C2CCC(C(=O)NOC3CCCN(CC)C3)CC2)C1. The van der Waals surface area contributed by atoms with Gasteiger partial charge in [-0.25, -0.2) is 11.0 Å². The van der Waals surface area contributed by atoms with Crippen molar-refractivity contribution in [2.45, 2.75) is 77.4 Å². The molecule has 0 aromatic carbocycles. The number of hydrogen-bond donors (Lipinski definition) is 2. The minimum absolute atomic E-state index is 0.0411. The maximum Gasteiger partial charge on any atom is 0.246 e. The molecule has 8 nitrogen and oxygen atoms in total. The van der Waals surface area contributed by atoms with Crippen molar-refractivity contribution in [3.63, 3.8) is 0 Å². The quantitative estimate of drug-likeness (QED) is 0.579. The number of nitrogens with zero attached hydrogens (tertiary/aromatic N) is 2. The molecule has 0 aromatic heterocycles. The first-order valence-corrected chi connectivity index (χ1v) is 11.9. The van der Waals surface area contributed by atoms with E-state index in [9.17, 15) is 9.59 Å². The summed E-state index contributed by atoms with van der Waals surface area (Å²) in [7, 11) is 0. The molecule has 0 spiro atoms. The zero-order valence-electron chi connectivity index (χ0n) is 18.7. The highest BCUT2D eigenvalue weighted by molar-refractivity contribution is 5.80. The number of piperidine rings is 2. The summed E-state index contributed by atoms with van der Waals surface area (Å²) in [4.78, 5) is 41.0. The van der Waals surface area contributed by atoms with Crippen LogP contribution in [0.2, 0.25) is 0 Å². The second kappa shape index (κ2) is 12.0. The number of rotatable bonds is 8. The Morgan fingerprint density at radius 2 is 1.13 bits per heavy atom. The first-order chi connectivity index (χ1) is 14.6. The highest BCUT2D eigenvalue weighted by atomic mass is 16.7. The Bertz CT molecular complexity index is 505. The van der Waals surface area contributed by atoms with Gasteiger partial charge in [-0.2, -0.15) is 0 Å². The van der Waals surface area contributed by atoms with Crippen molar-refractivity contribution in [1.82, 2.24) is 20.8 Å². The van der Waals surface area contributed by atoms with Crippen LogP contribution in [-0.4, -0.2) is 73.1 Å². The summed E-state index contributed by atoms with van der Waals surface area (Å²) in [6, 6.07) is 0. The Labute approximate surface area is 180 Å². The highest BCUT2D eigenvalue weighted by Gasteiger charge is 2.31. The van der Waals surface area contributed by atoms with Crippen LogP contribution >= 0.6 is 0 Å². The summed E-state index contributed by atoms with van der Waals surface area (Å²) < 4.78 is 0. The third-order valence-corrected chi connectivity index (χ3v) is 6.94. The molecule has 1 saturated carbocycles. The number of likely N-dealkylation sites (tertiary alicyclic amines) is 2. The van der Waals surface area contributed by atoms with E-state index >= 15 is 0 Å². The van der Waals surface area contributed by atoms with Crippen molar-refractivity contribution in [3.8, 4) is 0 Å². The fraction of sp³-hybridized carbons (Fsp3) is 0.909. The largest absolute Gasteiger partial charge is 0.301 e. The highest BCUT2D eigenvalue weighted by Crippen LogP contribution is 2.29. The molecule has 2 N–H and O–H groups in total. The minimum Gasteiger partial charge on any atom is -0.301 e. The molecule has 2 unspecified atom stereocenters. The molecule has 0 radical (unpaired) electrons. The van der Waals surface area contributed by atoms with Crippen molar-refractivity contribution < 1.29 is 19.3 Å². The first kappa shape index (κ1) is 23.4. The third kappa shape index (κ3) is 6.90. The van der Waals surface area contributed by atoms with Gasteiger partial charge in [0.1, 0.15) is 0 Å². The summed E-state index contributed by atoms with van der Waals surface area (Å²) >= 11 is 0. The van der Waals surface area contributed by atoms with Crippen LogP contribution in [-0.2, 0) is 19.3 Å². The molecule has 2 amide bonds. The number of amides is 2. The molecule has 2 aliphatic heterocycles.